The molecule has 20 heavy (non-hydrogen) atoms. The highest BCUT2D eigenvalue weighted by atomic mass is 16.2. The molecule has 0 radical (unpaired) electrons. The van der Waals surface area contributed by atoms with Gasteiger partial charge in [0, 0.05) is 6.04 Å². The molecule has 110 valence electrons. The quantitative estimate of drug-likeness (QED) is 0.775. The van der Waals surface area contributed by atoms with Gasteiger partial charge in [0.25, 0.3) is 0 Å². The van der Waals surface area contributed by atoms with Crippen molar-refractivity contribution in [2.24, 2.45) is 11.8 Å². The van der Waals surface area contributed by atoms with Crippen LogP contribution in [0.5, 0.6) is 0 Å². The Labute approximate surface area is 120 Å². The third kappa shape index (κ3) is 2.57. The number of hydrogen-bond donors (Lipinski definition) is 1. The molecule has 0 aromatic carbocycles. The third-order valence-corrected chi connectivity index (χ3v) is 4.91. The van der Waals surface area contributed by atoms with Crippen LogP contribution >= 0.6 is 0 Å². The minimum atomic E-state index is -0.733. The summed E-state index contributed by atoms with van der Waals surface area (Å²) >= 11 is 0. The van der Waals surface area contributed by atoms with Gasteiger partial charge < -0.3 is 0 Å². The summed E-state index contributed by atoms with van der Waals surface area (Å²) in [5, 5.41) is 11.8. The number of carbonyl (C=O) groups is 2. The number of nitrogens with zero attached hydrogens (tertiary/aromatic N) is 2. The van der Waals surface area contributed by atoms with Gasteiger partial charge in [0.2, 0.25) is 11.8 Å². The first-order valence-electron chi connectivity index (χ1n) is 7.40. The summed E-state index contributed by atoms with van der Waals surface area (Å²) in [4.78, 5) is 25.7. The maximum atomic E-state index is 12.1. The topological polar surface area (TPSA) is 73.2 Å². The molecule has 0 spiro atoms. The van der Waals surface area contributed by atoms with Crippen LogP contribution in [0.15, 0.2) is 0 Å². The lowest BCUT2D eigenvalue weighted by Gasteiger charge is -2.48. The first-order valence-corrected chi connectivity index (χ1v) is 7.40. The standard InChI is InChI=1S/C15H23N3O2/c1-4-10-5-6-11(8-16)12(7-10)18-9-13(19)17-14(20)15(18,2)3/h10-12H,4-7,9H2,1-3H3,(H,17,19,20). The Morgan fingerprint density at radius 3 is 2.70 bits per heavy atom. The van der Waals surface area contributed by atoms with Crippen LogP contribution in [0.2, 0.25) is 0 Å². The molecule has 1 saturated carbocycles. The van der Waals surface area contributed by atoms with Crippen molar-refractivity contribution in [1.82, 2.24) is 10.2 Å². The number of nitrogens with one attached hydrogen (secondary N) is 1. The first kappa shape index (κ1) is 15.0. The monoisotopic (exact) mass is 277 g/mol. The van der Waals surface area contributed by atoms with Gasteiger partial charge in [0.15, 0.2) is 0 Å². The molecule has 2 rings (SSSR count). The molecule has 3 atom stereocenters. The second-order valence-electron chi connectivity index (χ2n) is 6.45. The average Bonchev–Trinajstić information content (AvgIpc) is 2.42. The van der Waals surface area contributed by atoms with Crippen LogP contribution in [0, 0.1) is 23.2 Å². The zero-order chi connectivity index (χ0) is 14.9. The summed E-state index contributed by atoms with van der Waals surface area (Å²) in [6, 6.07) is 2.38. The second-order valence-corrected chi connectivity index (χ2v) is 6.45. The molecule has 1 aliphatic heterocycles. The molecule has 5 nitrogen and oxygen atoms in total. The van der Waals surface area contributed by atoms with Gasteiger partial charge in [-0.05, 0) is 39.0 Å². The van der Waals surface area contributed by atoms with Crippen molar-refractivity contribution < 1.29 is 9.59 Å². The van der Waals surface area contributed by atoms with E-state index in [4.69, 9.17) is 0 Å². The lowest BCUT2D eigenvalue weighted by molar-refractivity contribution is -0.149. The number of rotatable bonds is 2. The zero-order valence-corrected chi connectivity index (χ0v) is 12.5. The molecule has 3 unspecified atom stereocenters. The SMILES string of the molecule is CCC1CCC(C#N)C(N2CC(=O)NC(=O)C2(C)C)C1. The molecule has 1 aliphatic carbocycles. The summed E-state index contributed by atoms with van der Waals surface area (Å²) < 4.78 is 0. The van der Waals surface area contributed by atoms with Crippen LogP contribution in [-0.2, 0) is 9.59 Å². The van der Waals surface area contributed by atoms with Crippen LogP contribution in [0.3, 0.4) is 0 Å². The zero-order valence-electron chi connectivity index (χ0n) is 12.5. The summed E-state index contributed by atoms with van der Waals surface area (Å²) in [5.41, 5.74) is -0.733. The Bertz CT molecular complexity index is 453. The molecule has 0 bridgehead atoms. The Balaban J connectivity index is 2.27. The first-order chi connectivity index (χ1) is 9.40. The summed E-state index contributed by atoms with van der Waals surface area (Å²) in [5.74, 6) is -0.0232. The number of amides is 2. The molecule has 1 N–H and O–H groups in total. The summed E-state index contributed by atoms with van der Waals surface area (Å²) in [7, 11) is 0. The van der Waals surface area contributed by atoms with Gasteiger partial charge >= 0.3 is 0 Å². The highest BCUT2D eigenvalue weighted by Crippen LogP contribution is 2.37. The van der Waals surface area contributed by atoms with Gasteiger partial charge in [-0.15, -0.1) is 0 Å². The molecular weight excluding hydrogens is 254 g/mol. The van der Waals surface area contributed by atoms with E-state index in [2.05, 4.69) is 18.3 Å². The van der Waals surface area contributed by atoms with Crippen molar-refractivity contribution in [3.05, 3.63) is 0 Å². The number of hydrogen-bond acceptors (Lipinski definition) is 4. The molecular formula is C15H23N3O2. The van der Waals surface area contributed by atoms with Crippen LogP contribution in [0.4, 0.5) is 0 Å². The van der Waals surface area contributed by atoms with Crippen molar-refractivity contribution in [2.45, 2.75) is 58.0 Å². The number of imide groups is 1. The lowest BCUT2D eigenvalue weighted by atomic mass is 9.75. The molecule has 2 aliphatic rings. The summed E-state index contributed by atoms with van der Waals surface area (Å²) in [6.07, 6.45) is 3.92. The number of piperazine rings is 1. The molecule has 1 heterocycles. The molecule has 0 aromatic heterocycles. The Morgan fingerprint density at radius 1 is 1.40 bits per heavy atom. The fourth-order valence-electron chi connectivity index (χ4n) is 3.43. The van der Waals surface area contributed by atoms with E-state index in [-0.39, 0.29) is 30.3 Å². The predicted octanol–water partition coefficient (Wildman–Crippen LogP) is 1.44. The molecule has 5 heteroatoms. The average molecular weight is 277 g/mol. The molecule has 0 aromatic rings. The van der Waals surface area contributed by atoms with E-state index in [1.54, 1.807) is 0 Å². The van der Waals surface area contributed by atoms with Crippen LogP contribution < -0.4 is 5.32 Å². The number of nitriles is 1. The molecule has 2 amide bonds. The fraction of sp³-hybridized carbons (Fsp3) is 0.800. The van der Waals surface area contributed by atoms with Crippen molar-refractivity contribution in [2.75, 3.05) is 6.54 Å². The maximum Gasteiger partial charge on any atom is 0.246 e. The predicted molar refractivity (Wildman–Crippen MR) is 74.5 cm³/mol. The van der Waals surface area contributed by atoms with E-state index in [9.17, 15) is 14.9 Å². The Hall–Kier alpha value is -1.41. The van der Waals surface area contributed by atoms with Gasteiger partial charge in [-0.2, -0.15) is 5.26 Å². The minimum Gasteiger partial charge on any atom is -0.294 e. The fourth-order valence-corrected chi connectivity index (χ4v) is 3.43. The van der Waals surface area contributed by atoms with Crippen molar-refractivity contribution in [1.29, 1.82) is 5.26 Å². The van der Waals surface area contributed by atoms with E-state index in [0.717, 1.165) is 25.7 Å². The maximum absolute atomic E-state index is 12.1. The Kier molecular flexibility index (Phi) is 4.14. The highest BCUT2D eigenvalue weighted by molar-refractivity contribution is 6.03. The largest absolute Gasteiger partial charge is 0.294 e. The normalized spacial score (nSPS) is 34.4. The van der Waals surface area contributed by atoms with Crippen LogP contribution in [0.25, 0.3) is 0 Å². The van der Waals surface area contributed by atoms with E-state index in [1.165, 1.54) is 0 Å². The van der Waals surface area contributed by atoms with Crippen LogP contribution in [0.1, 0.15) is 46.5 Å². The van der Waals surface area contributed by atoms with Crippen molar-refractivity contribution >= 4 is 11.8 Å². The van der Waals surface area contributed by atoms with Crippen LogP contribution in [-0.4, -0.2) is 34.8 Å². The van der Waals surface area contributed by atoms with E-state index < -0.39 is 5.54 Å². The van der Waals surface area contributed by atoms with Gasteiger partial charge in [-0.1, -0.05) is 13.3 Å². The third-order valence-electron chi connectivity index (χ3n) is 4.91. The second kappa shape index (κ2) is 5.53. The minimum absolute atomic E-state index is 0.00343. The van der Waals surface area contributed by atoms with Gasteiger partial charge in [-0.3, -0.25) is 19.8 Å². The lowest BCUT2D eigenvalue weighted by Crippen LogP contribution is -2.67. The van der Waals surface area contributed by atoms with Crippen molar-refractivity contribution in [3.63, 3.8) is 0 Å². The molecule has 2 fully saturated rings. The van der Waals surface area contributed by atoms with E-state index in [1.807, 2.05) is 18.7 Å². The highest BCUT2D eigenvalue weighted by Gasteiger charge is 2.47. The van der Waals surface area contributed by atoms with Gasteiger partial charge in [0.05, 0.1) is 24.1 Å². The molecule has 1 saturated heterocycles. The number of carbonyl (C=O) groups excluding carboxylic acids is 2. The van der Waals surface area contributed by atoms with Gasteiger partial charge in [-0.25, -0.2) is 0 Å². The van der Waals surface area contributed by atoms with Crippen molar-refractivity contribution in [3.8, 4) is 6.07 Å². The van der Waals surface area contributed by atoms with E-state index >= 15 is 0 Å². The summed E-state index contributed by atoms with van der Waals surface area (Å²) in [6.45, 7) is 6.03. The smallest absolute Gasteiger partial charge is 0.246 e. The van der Waals surface area contributed by atoms with E-state index in [0.29, 0.717) is 5.92 Å². The Morgan fingerprint density at radius 2 is 2.10 bits per heavy atom. The van der Waals surface area contributed by atoms with Gasteiger partial charge in [0.1, 0.15) is 0 Å².